The predicted octanol–water partition coefficient (Wildman–Crippen LogP) is 9.98. The molecule has 0 saturated carbocycles. The molecule has 18 nitrogen and oxygen atoms in total. The molecule has 0 spiro atoms. The van der Waals surface area contributed by atoms with Crippen LogP contribution in [-0.2, 0) is 56.7 Å². The first-order valence-corrected chi connectivity index (χ1v) is 25.9. The van der Waals surface area contributed by atoms with Crippen LogP contribution >= 0.6 is 28.3 Å². The summed E-state index contributed by atoms with van der Waals surface area (Å²) < 4.78 is 12.7. The van der Waals surface area contributed by atoms with Crippen molar-refractivity contribution in [2.24, 2.45) is 0 Å². The number of aryl methyl sites for hydroxylation is 2. The number of nitrogens with zero attached hydrogens (tertiary/aromatic N) is 5. The summed E-state index contributed by atoms with van der Waals surface area (Å²) in [5.74, 6) is 2.71. The number of benzene rings is 2. The Kier molecular flexibility index (Phi) is 19.2. The van der Waals surface area contributed by atoms with Crippen LogP contribution in [0.15, 0.2) is 111 Å². The van der Waals surface area contributed by atoms with Crippen LogP contribution < -0.4 is 31.9 Å². The first-order valence-electron chi connectivity index (χ1n) is 25.1. The molecular formula is C59H69BrClN11O7. The Morgan fingerprint density at radius 1 is 0.582 bits per heavy atom. The van der Waals surface area contributed by atoms with Gasteiger partial charge in [0, 0.05) is 108 Å². The highest BCUT2D eigenvalue weighted by Gasteiger charge is 2.33. The minimum Gasteiger partial charge on any atom is -0.459 e. The Bertz CT molecular complexity index is 3310. The van der Waals surface area contributed by atoms with Crippen LogP contribution in [0.5, 0.6) is 0 Å². The summed E-state index contributed by atoms with van der Waals surface area (Å²) in [5, 5.41) is 20.2. The van der Waals surface area contributed by atoms with Crippen molar-refractivity contribution in [1.29, 1.82) is 0 Å². The van der Waals surface area contributed by atoms with E-state index >= 15 is 0 Å². The minimum absolute atomic E-state index is 0. The predicted molar refractivity (Wildman–Crippen MR) is 316 cm³/mol. The van der Waals surface area contributed by atoms with E-state index in [1.807, 2.05) is 122 Å². The topological polar surface area (TPSA) is 229 Å². The largest absolute Gasteiger partial charge is 0.459 e. The molecule has 10 rings (SSSR count). The first-order chi connectivity index (χ1) is 36.5. The maximum atomic E-state index is 12.6. The molecule has 0 saturated heterocycles. The summed E-state index contributed by atoms with van der Waals surface area (Å²) in [4.78, 5) is 77.6. The van der Waals surface area contributed by atoms with E-state index in [2.05, 4.69) is 62.8 Å². The zero-order valence-electron chi connectivity index (χ0n) is 45.3. The van der Waals surface area contributed by atoms with Crippen molar-refractivity contribution < 1.29 is 32.8 Å². The number of fused-ring (bicyclic) bond motifs is 5. The number of anilines is 3. The van der Waals surface area contributed by atoms with Gasteiger partial charge in [-0.3, -0.25) is 39.9 Å². The van der Waals surface area contributed by atoms with Gasteiger partial charge < -0.3 is 34.6 Å². The summed E-state index contributed by atoms with van der Waals surface area (Å²) >= 11 is 3.36. The fourth-order valence-corrected chi connectivity index (χ4v) is 8.75. The third kappa shape index (κ3) is 14.4. The van der Waals surface area contributed by atoms with E-state index < -0.39 is 16.6 Å². The van der Waals surface area contributed by atoms with Gasteiger partial charge in [-0.25, -0.2) is 15.0 Å². The number of nitrogens with one attached hydrogen (secondary N) is 6. The Morgan fingerprint density at radius 2 is 0.924 bits per heavy atom. The monoisotopic (exact) mass is 1160 g/mol. The second-order valence-corrected chi connectivity index (χ2v) is 21.8. The highest BCUT2D eigenvalue weighted by Crippen LogP contribution is 2.29. The molecule has 0 fully saturated rings. The number of likely N-dealkylation sites (N-methyl/N-ethyl adjacent to an activating group) is 2. The van der Waals surface area contributed by atoms with Crippen molar-refractivity contribution in [3.63, 3.8) is 0 Å². The van der Waals surface area contributed by atoms with Crippen LogP contribution in [0.4, 0.5) is 17.5 Å². The zero-order chi connectivity index (χ0) is 55.4. The van der Waals surface area contributed by atoms with E-state index in [4.69, 9.17) is 8.83 Å². The third-order valence-electron chi connectivity index (χ3n) is 13.7. The molecule has 416 valence electrons. The number of rotatable bonds is 8. The van der Waals surface area contributed by atoms with Crippen molar-refractivity contribution >= 4 is 109 Å². The molecule has 79 heavy (non-hydrogen) atoms. The van der Waals surface area contributed by atoms with Crippen molar-refractivity contribution in [3.8, 4) is 0 Å². The lowest BCUT2D eigenvalue weighted by molar-refractivity contribution is -0.126. The summed E-state index contributed by atoms with van der Waals surface area (Å²) in [7, 11) is 3.49. The number of para-hydroxylation sites is 2. The summed E-state index contributed by atoms with van der Waals surface area (Å²) in [5.41, 5.74) is 6.15. The van der Waals surface area contributed by atoms with Crippen molar-refractivity contribution in [2.45, 2.75) is 112 Å². The molecular weight excluding hydrogens is 1090 g/mol. The molecule has 0 atom stereocenters. The average molecular weight is 1160 g/mol. The summed E-state index contributed by atoms with van der Waals surface area (Å²) in [6, 6.07) is 21.5. The Balaban J connectivity index is 0.000000200. The highest BCUT2D eigenvalue weighted by atomic mass is 79.9. The number of amides is 5. The van der Waals surface area contributed by atoms with E-state index in [1.165, 1.54) is 12.2 Å². The Labute approximate surface area is 475 Å². The van der Waals surface area contributed by atoms with Gasteiger partial charge in [-0.2, -0.15) is 0 Å². The number of aromatic nitrogens is 3. The fraction of sp³-hybridized carbons (Fsp3) is 0.322. The molecule has 3 aliphatic heterocycles. The highest BCUT2D eigenvalue weighted by molar-refractivity contribution is 9.10. The van der Waals surface area contributed by atoms with Crippen molar-refractivity contribution in [1.82, 2.24) is 40.7 Å². The van der Waals surface area contributed by atoms with Gasteiger partial charge in [-0.05, 0) is 125 Å². The van der Waals surface area contributed by atoms with Crippen molar-refractivity contribution in [2.75, 3.05) is 30.0 Å². The first kappa shape index (κ1) is 60.7. The lowest BCUT2D eigenvalue weighted by atomic mass is 10.1. The van der Waals surface area contributed by atoms with Crippen LogP contribution in [0.1, 0.15) is 99.4 Å². The van der Waals surface area contributed by atoms with Crippen LogP contribution in [0, 0.1) is 13.8 Å². The summed E-state index contributed by atoms with van der Waals surface area (Å²) in [6.07, 6.45) is 11.5. The van der Waals surface area contributed by atoms with Crippen LogP contribution in [0.3, 0.4) is 0 Å². The molecule has 0 bridgehead atoms. The molecule has 7 aromatic rings. The van der Waals surface area contributed by atoms with E-state index in [1.54, 1.807) is 54.6 Å². The molecule has 5 aromatic heterocycles. The van der Waals surface area contributed by atoms with Gasteiger partial charge in [0.15, 0.2) is 0 Å². The van der Waals surface area contributed by atoms with Gasteiger partial charge in [0.2, 0.25) is 29.5 Å². The number of hydrogen-bond donors (Lipinski definition) is 6. The van der Waals surface area contributed by atoms with Gasteiger partial charge in [0.1, 0.15) is 40.1 Å². The molecule has 6 N–H and O–H groups in total. The normalized spacial score (nSPS) is 15.8. The Hall–Kier alpha value is -7.55. The third-order valence-corrected chi connectivity index (χ3v) is 14.1. The fourth-order valence-electron chi connectivity index (χ4n) is 8.37. The van der Waals surface area contributed by atoms with E-state index in [0.717, 1.165) is 76.9 Å². The number of carbonyl (C=O) groups excluding carboxylic acids is 5. The van der Waals surface area contributed by atoms with Gasteiger partial charge in [-0.15, -0.1) is 12.4 Å². The quantitative estimate of drug-likeness (QED) is 0.0780. The number of furan rings is 2. The van der Waals surface area contributed by atoms with Gasteiger partial charge in [-0.1, -0.05) is 43.8 Å². The van der Waals surface area contributed by atoms with E-state index in [0.29, 0.717) is 50.2 Å². The number of carbonyl (C=O) groups is 5. The second-order valence-electron chi connectivity index (χ2n) is 20.9. The van der Waals surface area contributed by atoms with Crippen LogP contribution in [0.25, 0.3) is 34.1 Å². The standard InChI is InChI=1S/2C24H26N4O3.C10H12BrN3O.CH4.ClH/c2*1-15-18-7-5-6-8-19(18)31-20(15)14-28(4)21(29)10-9-16-11-17-13-26-24(2,3)23(30)27-22(17)25-12-16;1-10(2)9(15)14-8-6(4-13-10)3-7(11)5-12-8;;/h2*5-12,26H,13-14H2,1-4H3,(H,25,27,30);3,5,13H,4H2,1-2H3,(H,12,14,15);1H4;1H/b2*10-9+;;;. The molecule has 0 radical (unpaired) electrons. The van der Waals surface area contributed by atoms with Crippen LogP contribution in [0.2, 0.25) is 0 Å². The molecule has 3 aliphatic rings. The molecule has 2 aromatic carbocycles. The van der Waals surface area contributed by atoms with Gasteiger partial charge in [0.05, 0.1) is 29.7 Å². The van der Waals surface area contributed by atoms with E-state index in [9.17, 15) is 24.0 Å². The van der Waals surface area contributed by atoms with E-state index in [-0.39, 0.29) is 49.4 Å². The maximum Gasteiger partial charge on any atom is 0.246 e. The Morgan fingerprint density at radius 3 is 1.29 bits per heavy atom. The smallest absolute Gasteiger partial charge is 0.246 e. The molecule has 8 heterocycles. The van der Waals surface area contributed by atoms with Gasteiger partial charge in [0.25, 0.3) is 0 Å². The lowest BCUT2D eigenvalue weighted by Gasteiger charge is -2.21. The number of pyridine rings is 3. The lowest BCUT2D eigenvalue weighted by Crippen LogP contribution is -2.47. The van der Waals surface area contributed by atoms with Crippen molar-refractivity contribution in [3.05, 3.63) is 152 Å². The number of halogens is 2. The SMILES string of the molecule is C.CC1(C)NCc2cc(Br)cnc2NC1=O.Cc1c(CN(C)C(=O)/C=C/c2cnc3c(c2)CNC(C)(C)C(=O)N3)oc2ccccc12.Cc1c(CN(C)C(=O)/C=C/c2cnc3c(c2)CNC(C)(C)C(=O)N3)oc2ccccc12.Cl. The molecule has 5 amide bonds. The molecule has 0 unspecified atom stereocenters. The number of hydrogen-bond acceptors (Lipinski definition) is 13. The van der Waals surface area contributed by atoms with Crippen LogP contribution in [-0.4, -0.2) is 85.0 Å². The summed E-state index contributed by atoms with van der Waals surface area (Å²) in [6.45, 7) is 17.4. The average Bonchev–Trinajstić information content (AvgIpc) is 3.82. The molecule has 20 heteroatoms. The second kappa shape index (κ2) is 25.1. The minimum atomic E-state index is -0.676. The molecule has 0 aliphatic carbocycles. The van der Waals surface area contributed by atoms with Gasteiger partial charge >= 0.3 is 0 Å². The maximum absolute atomic E-state index is 12.6. The zero-order valence-corrected chi connectivity index (χ0v) is 47.7.